The SMILES string of the molecule is CC(C)Cc1nc2cccc3c2n1CCC3. The first-order valence-electron chi connectivity index (χ1n) is 6.22. The number of hydrogen-bond donors (Lipinski definition) is 0. The lowest BCUT2D eigenvalue weighted by Crippen LogP contribution is -2.12. The van der Waals surface area contributed by atoms with E-state index in [0.29, 0.717) is 5.92 Å². The van der Waals surface area contributed by atoms with E-state index in [1.54, 1.807) is 0 Å². The zero-order valence-corrected chi connectivity index (χ0v) is 10.0. The van der Waals surface area contributed by atoms with Crippen LogP contribution in [0.1, 0.15) is 31.7 Å². The molecule has 0 amide bonds. The maximum atomic E-state index is 4.79. The summed E-state index contributed by atoms with van der Waals surface area (Å²) in [4.78, 5) is 4.79. The van der Waals surface area contributed by atoms with E-state index in [1.165, 1.54) is 35.3 Å². The number of nitrogens with zero attached hydrogens (tertiary/aromatic N) is 2. The summed E-state index contributed by atoms with van der Waals surface area (Å²) in [7, 11) is 0. The zero-order chi connectivity index (χ0) is 11.1. The van der Waals surface area contributed by atoms with Gasteiger partial charge in [-0.3, -0.25) is 0 Å². The van der Waals surface area contributed by atoms with Crippen LogP contribution in [0.2, 0.25) is 0 Å². The first kappa shape index (κ1) is 9.88. The fourth-order valence-electron chi connectivity index (χ4n) is 2.70. The molecule has 1 aliphatic rings. The molecular weight excluding hydrogens is 196 g/mol. The molecule has 2 nitrogen and oxygen atoms in total. The van der Waals surface area contributed by atoms with Gasteiger partial charge in [0.15, 0.2) is 0 Å². The quantitative estimate of drug-likeness (QED) is 0.750. The summed E-state index contributed by atoms with van der Waals surface area (Å²) in [6.07, 6.45) is 3.56. The summed E-state index contributed by atoms with van der Waals surface area (Å²) < 4.78 is 2.44. The van der Waals surface area contributed by atoms with Gasteiger partial charge in [0.1, 0.15) is 5.82 Å². The van der Waals surface area contributed by atoms with Crippen LogP contribution in [0.5, 0.6) is 0 Å². The molecule has 0 saturated heterocycles. The Morgan fingerprint density at radius 2 is 2.25 bits per heavy atom. The van der Waals surface area contributed by atoms with Gasteiger partial charge in [-0.2, -0.15) is 0 Å². The monoisotopic (exact) mass is 214 g/mol. The van der Waals surface area contributed by atoms with Gasteiger partial charge in [-0.05, 0) is 30.4 Å². The topological polar surface area (TPSA) is 17.8 Å². The van der Waals surface area contributed by atoms with Gasteiger partial charge in [-0.15, -0.1) is 0 Å². The van der Waals surface area contributed by atoms with Crippen LogP contribution in [0.4, 0.5) is 0 Å². The average Bonchev–Trinajstić information content (AvgIpc) is 2.59. The van der Waals surface area contributed by atoms with Crippen LogP contribution in [0.3, 0.4) is 0 Å². The number of benzene rings is 1. The molecule has 0 saturated carbocycles. The van der Waals surface area contributed by atoms with E-state index in [1.807, 2.05) is 0 Å². The smallest absolute Gasteiger partial charge is 0.110 e. The highest BCUT2D eigenvalue weighted by Gasteiger charge is 2.17. The Labute approximate surface area is 96.3 Å². The first-order chi connectivity index (χ1) is 7.75. The third-order valence-corrected chi connectivity index (χ3v) is 3.35. The summed E-state index contributed by atoms with van der Waals surface area (Å²) in [6, 6.07) is 6.53. The highest BCUT2D eigenvalue weighted by Crippen LogP contribution is 2.27. The van der Waals surface area contributed by atoms with Crippen molar-refractivity contribution in [3.05, 3.63) is 29.6 Å². The van der Waals surface area contributed by atoms with E-state index in [4.69, 9.17) is 4.98 Å². The number of aromatic nitrogens is 2. The molecule has 0 radical (unpaired) electrons. The maximum absolute atomic E-state index is 4.79. The Hall–Kier alpha value is -1.31. The van der Waals surface area contributed by atoms with Gasteiger partial charge in [-0.1, -0.05) is 26.0 Å². The third kappa shape index (κ3) is 1.44. The van der Waals surface area contributed by atoms with Crippen LogP contribution < -0.4 is 0 Å². The standard InChI is InChI=1S/C14H18N2/c1-10(2)9-13-15-12-7-3-5-11-6-4-8-16(13)14(11)12/h3,5,7,10H,4,6,8-9H2,1-2H3. The summed E-state index contributed by atoms with van der Waals surface area (Å²) in [5.74, 6) is 1.95. The number of rotatable bonds is 2. The molecule has 2 aromatic rings. The molecule has 0 unspecified atom stereocenters. The lowest BCUT2D eigenvalue weighted by atomic mass is 10.0. The number of imidazole rings is 1. The molecule has 16 heavy (non-hydrogen) atoms. The van der Waals surface area contributed by atoms with Crippen molar-refractivity contribution >= 4 is 11.0 Å². The van der Waals surface area contributed by atoms with Gasteiger partial charge in [-0.25, -0.2) is 4.98 Å². The fraction of sp³-hybridized carbons (Fsp3) is 0.500. The van der Waals surface area contributed by atoms with Crippen molar-refractivity contribution < 1.29 is 0 Å². The molecule has 1 aliphatic heterocycles. The Kier molecular flexibility index (Phi) is 2.23. The molecular formula is C14H18N2. The second kappa shape index (κ2) is 3.62. The van der Waals surface area contributed by atoms with Crippen molar-refractivity contribution in [1.82, 2.24) is 9.55 Å². The van der Waals surface area contributed by atoms with E-state index < -0.39 is 0 Å². The Morgan fingerprint density at radius 3 is 3.06 bits per heavy atom. The highest BCUT2D eigenvalue weighted by molar-refractivity contribution is 5.80. The van der Waals surface area contributed by atoms with Crippen molar-refractivity contribution in [3.63, 3.8) is 0 Å². The normalized spacial score (nSPS) is 14.9. The molecule has 0 aliphatic carbocycles. The molecule has 0 fully saturated rings. The van der Waals surface area contributed by atoms with Crippen LogP contribution in [-0.2, 0) is 19.4 Å². The van der Waals surface area contributed by atoms with Gasteiger partial charge >= 0.3 is 0 Å². The predicted octanol–water partition coefficient (Wildman–Crippen LogP) is 3.18. The fourth-order valence-corrected chi connectivity index (χ4v) is 2.70. The highest BCUT2D eigenvalue weighted by atomic mass is 15.1. The minimum atomic E-state index is 0.679. The molecule has 3 rings (SSSR count). The van der Waals surface area contributed by atoms with Crippen molar-refractivity contribution in [2.24, 2.45) is 5.92 Å². The molecule has 0 N–H and O–H groups in total. The Balaban J connectivity index is 2.21. The second-order valence-electron chi connectivity index (χ2n) is 5.17. The van der Waals surface area contributed by atoms with Crippen molar-refractivity contribution in [1.29, 1.82) is 0 Å². The number of para-hydroxylation sites is 1. The van der Waals surface area contributed by atoms with Crippen LogP contribution in [0.25, 0.3) is 11.0 Å². The van der Waals surface area contributed by atoms with E-state index >= 15 is 0 Å². The van der Waals surface area contributed by atoms with E-state index in [-0.39, 0.29) is 0 Å². The second-order valence-corrected chi connectivity index (χ2v) is 5.17. The number of hydrogen-bond acceptors (Lipinski definition) is 1. The minimum Gasteiger partial charge on any atom is -0.328 e. The van der Waals surface area contributed by atoms with Gasteiger partial charge in [0.05, 0.1) is 11.0 Å². The van der Waals surface area contributed by atoms with Gasteiger partial charge in [0.2, 0.25) is 0 Å². The average molecular weight is 214 g/mol. The Bertz CT molecular complexity index is 523. The van der Waals surface area contributed by atoms with E-state index in [0.717, 1.165) is 13.0 Å². The molecule has 2 heterocycles. The van der Waals surface area contributed by atoms with Crippen molar-refractivity contribution in [2.75, 3.05) is 0 Å². The molecule has 0 bridgehead atoms. The maximum Gasteiger partial charge on any atom is 0.110 e. The van der Waals surface area contributed by atoms with Gasteiger partial charge in [0.25, 0.3) is 0 Å². The summed E-state index contributed by atoms with van der Waals surface area (Å²) in [5, 5.41) is 0. The molecule has 2 heteroatoms. The first-order valence-corrected chi connectivity index (χ1v) is 6.22. The van der Waals surface area contributed by atoms with E-state index in [2.05, 4.69) is 36.6 Å². The molecule has 0 spiro atoms. The summed E-state index contributed by atoms with van der Waals surface area (Å²) in [6.45, 7) is 5.67. The summed E-state index contributed by atoms with van der Waals surface area (Å²) in [5.41, 5.74) is 4.06. The lowest BCUT2D eigenvalue weighted by molar-refractivity contribution is 0.554. The van der Waals surface area contributed by atoms with Crippen molar-refractivity contribution in [2.45, 2.75) is 39.7 Å². The lowest BCUT2D eigenvalue weighted by Gasteiger charge is -2.17. The predicted molar refractivity (Wildman–Crippen MR) is 66.6 cm³/mol. The minimum absolute atomic E-state index is 0.679. The van der Waals surface area contributed by atoms with Crippen molar-refractivity contribution in [3.8, 4) is 0 Å². The summed E-state index contributed by atoms with van der Waals surface area (Å²) >= 11 is 0. The zero-order valence-electron chi connectivity index (χ0n) is 10.0. The van der Waals surface area contributed by atoms with Crippen LogP contribution >= 0.6 is 0 Å². The molecule has 1 aromatic heterocycles. The van der Waals surface area contributed by atoms with Crippen LogP contribution in [0, 0.1) is 5.92 Å². The van der Waals surface area contributed by atoms with Crippen LogP contribution in [-0.4, -0.2) is 9.55 Å². The number of aryl methyl sites for hydroxylation is 2. The van der Waals surface area contributed by atoms with E-state index in [9.17, 15) is 0 Å². The third-order valence-electron chi connectivity index (χ3n) is 3.35. The van der Waals surface area contributed by atoms with Gasteiger partial charge < -0.3 is 4.57 Å². The molecule has 0 atom stereocenters. The Morgan fingerprint density at radius 1 is 1.38 bits per heavy atom. The largest absolute Gasteiger partial charge is 0.328 e. The molecule has 84 valence electrons. The van der Waals surface area contributed by atoms with Gasteiger partial charge in [0, 0.05) is 13.0 Å². The van der Waals surface area contributed by atoms with Crippen LogP contribution in [0.15, 0.2) is 18.2 Å². The molecule has 1 aromatic carbocycles.